The molecule has 6 heteroatoms. The number of likely N-dealkylation sites (tertiary alicyclic amines) is 1. The number of allylic oxidation sites excluding steroid dienone is 6. The molecule has 0 aromatic rings. The van der Waals surface area contributed by atoms with Gasteiger partial charge in [-0.25, -0.2) is 13.8 Å². The fourth-order valence-electron chi connectivity index (χ4n) is 5.29. The van der Waals surface area contributed by atoms with Crippen LogP contribution in [-0.2, 0) is 4.74 Å². The summed E-state index contributed by atoms with van der Waals surface area (Å²) in [5.74, 6) is 2.40. The Morgan fingerprint density at radius 3 is 2.64 bits per heavy atom. The van der Waals surface area contributed by atoms with E-state index in [1.807, 2.05) is 6.08 Å². The normalized spacial score (nSPS) is 28.5. The van der Waals surface area contributed by atoms with Crippen LogP contribution >= 0.6 is 0 Å². The van der Waals surface area contributed by atoms with Gasteiger partial charge in [0.15, 0.2) is 0 Å². The lowest BCUT2D eigenvalue weighted by atomic mass is 9.83. The van der Waals surface area contributed by atoms with E-state index in [0.29, 0.717) is 11.5 Å². The summed E-state index contributed by atoms with van der Waals surface area (Å²) in [5, 5.41) is 0. The molecule has 4 unspecified atom stereocenters. The molecule has 2 aliphatic carbocycles. The number of nitrogens with zero attached hydrogens (tertiary/aromatic N) is 3. The molecule has 0 bridgehead atoms. The van der Waals surface area contributed by atoms with Gasteiger partial charge in [0.05, 0.1) is 13.0 Å². The summed E-state index contributed by atoms with van der Waals surface area (Å²) < 4.78 is 34.2. The summed E-state index contributed by atoms with van der Waals surface area (Å²) in [6, 6.07) is -0.191. The monoisotopic (exact) mass is 457 g/mol. The second-order valence-corrected chi connectivity index (χ2v) is 9.48. The number of amidine groups is 2. The van der Waals surface area contributed by atoms with Crippen molar-refractivity contribution in [1.82, 2.24) is 4.90 Å². The SMILES string of the molecule is CCCCC(CC)C1=NC2C(OC)=CC(C3=CCC(F)C=C3F)=CC2C(N2CCCCC2)=N1. The second-order valence-electron chi connectivity index (χ2n) is 9.48. The van der Waals surface area contributed by atoms with E-state index >= 15 is 0 Å². The van der Waals surface area contributed by atoms with Crippen molar-refractivity contribution in [1.29, 1.82) is 0 Å². The van der Waals surface area contributed by atoms with Crippen molar-refractivity contribution < 1.29 is 13.5 Å². The van der Waals surface area contributed by atoms with Gasteiger partial charge in [0.25, 0.3) is 0 Å². The Morgan fingerprint density at radius 2 is 1.97 bits per heavy atom. The van der Waals surface area contributed by atoms with Crippen molar-refractivity contribution in [3.05, 3.63) is 47.0 Å². The topological polar surface area (TPSA) is 37.2 Å². The lowest BCUT2D eigenvalue weighted by molar-refractivity contribution is 0.249. The Kier molecular flexibility index (Phi) is 7.82. The largest absolute Gasteiger partial charge is 0.499 e. The van der Waals surface area contributed by atoms with Crippen molar-refractivity contribution in [2.24, 2.45) is 21.8 Å². The first-order valence-electron chi connectivity index (χ1n) is 12.7. The first-order valence-corrected chi connectivity index (χ1v) is 12.7. The summed E-state index contributed by atoms with van der Waals surface area (Å²) in [6.45, 7) is 6.39. The fraction of sp³-hybridized carbons (Fsp3) is 0.630. The molecule has 2 heterocycles. The van der Waals surface area contributed by atoms with E-state index in [9.17, 15) is 8.78 Å². The van der Waals surface area contributed by atoms with Gasteiger partial charge >= 0.3 is 0 Å². The number of halogens is 2. The Morgan fingerprint density at radius 1 is 1.18 bits per heavy atom. The van der Waals surface area contributed by atoms with Crippen LogP contribution in [0.3, 0.4) is 0 Å². The molecule has 4 atom stereocenters. The molecule has 0 aromatic carbocycles. The number of methoxy groups -OCH3 is 1. The minimum Gasteiger partial charge on any atom is -0.499 e. The maximum Gasteiger partial charge on any atom is 0.129 e. The molecule has 4 nitrogen and oxygen atoms in total. The number of hydrogen-bond acceptors (Lipinski definition) is 4. The van der Waals surface area contributed by atoms with Gasteiger partial charge < -0.3 is 9.64 Å². The van der Waals surface area contributed by atoms with E-state index in [1.54, 1.807) is 13.2 Å². The number of fused-ring (bicyclic) bond motifs is 1. The highest BCUT2D eigenvalue weighted by atomic mass is 19.1. The van der Waals surface area contributed by atoms with Crippen molar-refractivity contribution in [2.45, 2.75) is 77.4 Å². The third-order valence-corrected chi connectivity index (χ3v) is 7.21. The van der Waals surface area contributed by atoms with Crippen LogP contribution in [0.25, 0.3) is 0 Å². The molecule has 0 amide bonds. The number of piperidine rings is 1. The van der Waals surface area contributed by atoms with Gasteiger partial charge in [-0.2, -0.15) is 0 Å². The Balaban J connectivity index is 1.74. The average Bonchev–Trinajstić information content (AvgIpc) is 2.84. The van der Waals surface area contributed by atoms with E-state index in [-0.39, 0.29) is 18.4 Å². The maximum atomic E-state index is 14.7. The van der Waals surface area contributed by atoms with E-state index in [0.717, 1.165) is 80.7 Å². The van der Waals surface area contributed by atoms with Crippen LogP contribution < -0.4 is 0 Å². The van der Waals surface area contributed by atoms with Gasteiger partial charge in [-0.1, -0.05) is 38.8 Å². The van der Waals surface area contributed by atoms with Crippen molar-refractivity contribution in [3.63, 3.8) is 0 Å². The van der Waals surface area contributed by atoms with Gasteiger partial charge in [0, 0.05) is 31.0 Å². The molecule has 4 rings (SSSR count). The molecule has 1 saturated heterocycles. The van der Waals surface area contributed by atoms with E-state index in [2.05, 4.69) is 24.8 Å². The average molecular weight is 458 g/mol. The van der Waals surface area contributed by atoms with E-state index < -0.39 is 12.0 Å². The predicted molar refractivity (Wildman–Crippen MR) is 131 cm³/mol. The summed E-state index contributed by atoms with van der Waals surface area (Å²) in [4.78, 5) is 12.7. The molecule has 0 saturated carbocycles. The molecule has 0 spiro atoms. The quantitative estimate of drug-likeness (QED) is 0.439. The smallest absolute Gasteiger partial charge is 0.129 e. The Labute approximate surface area is 196 Å². The van der Waals surface area contributed by atoms with Gasteiger partial charge in [-0.15, -0.1) is 0 Å². The van der Waals surface area contributed by atoms with Crippen LogP contribution in [0.4, 0.5) is 8.78 Å². The summed E-state index contributed by atoms with van der Waals surface area (Å²) in [6.07, 6.45) is 13.6. The lowest BCUT2D eigenvalue weighted by Crippen LogP contribution is -2.47. The van der Waals surface area contributed by atoms with Crippen LogP contribution in [-0.4, -0.2) is 49.0 Å². The zero-order valence-corrected chi connectivity index (χ0v) is 20.2. The summed E-state index contributed by atoms with van der Waals surface area (Å²) in [5.41, 5.74) is 1.18. The molecular formula is C27H37F2N3O. The number of alkyl halides is 1. The Hall–Kier alpha value is -2.24. The van der Waals surface area contributed by atoms with Crippen LogP contribution in [0, 0.1) is 11.8 Å². The minimum atomic E-state index is -1.27. The molecule has 4 aliphatic rings. The van der Waals surface area contributed by atoms with Crippen molar-refractivity contribution in [2.75, 3.05) is 20.2 Å². The number of hydrogen-bond donors (Lipinski definition) is 0. The third kappa shape index (κ3) is 5.15. The van der Waals surface area contributed by atoms with Gasteiger partial charge in [-0.05, 0) is 49.8 Å². The molecule has 33 heavy (non-hydrogen) atoms. The maximum absolute atomic E-state index is 14.7. The zero-order valence-electron chi connectivity index (χ0n) is 20.2. The standard InChI is InChI=1S/C27H37F2N3O/c1-4-6-10-18(5-2)26-30-25-22(27(31-26)32-13-8-7-9-14-32)15-19(16-24(25)33-3)21-12-11-20(28)17-23(21)29/h12,15-18,20,22,25H,4-11,13-14H2,1-3H3. The molecule has 180 valence electrons. The molecule has 0 aromatic heterocycles. The number of unbranched alkanes of at least 4 members (excludes halogenated alkanes) is 1. The molecule has 0 radical (unpaired) electrons. The molecule has 1 fully saturated rings. The van der Waals surface area contributed by atoms with Crippen molar-refractivity contribution >= 4 is 11.7 Å². The van der Waals surface area contributed by atoms with Crippen molar-refractivity contribution in [3.8, 4) is 0 Å². The number of aliphatic imine (C=N–C) groups is 2. The highest BCUT2D eigenvalue weighted by molar-refractivity contribution is 6.03. The summed E-state index contributed by atoms with van der Waals surface area (Å²) in [7, 11) is 1.65. The minimum absolute atomic E-state index is 0.109. The second kappa shape index (κ2) is 10.8. The van der Waals surface area contributed by atoms with E-state index in [4.69, 9.17) is 14.7 Å². The first kappa shape index (κ1) is 23.9. The van der Waals surface area contributed by atoms with Gasteiger partial charge in [0.1, 0.15) is 35.5 Å². The van der Waals surface area contributed by atoms with Crippen LogP contribution in [0.5, 0.6) is 0 Å². The first-order chi connectivity index (χ1) is 16.0. The Bertz CT molecular complexity index is 908. The predicted octanol–water partition coefficient (Wildman–Crippen LogP) is 6.48. The van der Waals surface area contributed by atoms with Crippen LogP contribution in [0.15, 0.2) is 57.0 Å². The molecular weight excluding hydrogens is 420 g/mol. The van der Waals surface area contributed by atoms with Crippen LogP contribution in [0.1, 0.15) is 65.2 Å². The van der Waals surface area contributed by atoms with Gasteiger partial charge in [-0.3, -0.25) is 4.99 Å². The fourth-order valence-corrected chi connectivity index (χ4v) is 5.29. The number of ether oxygens (including phenoxy) is 1. The molecule has 0 N–H and O–H groups in total. The molecule has 2 aliphatic heterocycles. The van der Waals surface area contributed by atoms with Crippen LogP contribution in [0.2, 0.25) is 0 Å². The van der Waals surface area contributed by atoms with Gasteiger partial charge in [0.2, 0.25) is 0 Å². The summed E-state index contributed by atoms with van der Waals surface area (Å²) >= 11 is 0. The number of rotatable bonds is 7. The zero-order chi connectivity index (χ0) is 23.4. The highest BCUT2D eigenvalue weighted by Gasteiger charge is 2.39. The van der Waals surface area contributed by atoms with E-state index in [1.165, 1.54) is 6.42 Å². The third-order valence-electron chi connectivity index (χ3n) is 7.21. The lowest BCUT2D eigenvalue weighted by Gasteiger charge is -2.40. The highest BCUT2D eigenvalue weighted by Crippen LogP contribution is 2.38.